The normalized spacial score (nSPS) is 11.0. The predicted octanol–water partition coefficient (Wildman–Crippen LogP) is 4.00. The van der Waals surface area contributed by atoms with Gasteiger partial charge in [-0.3, -0.25) is 0 Å². The monoisotopic (exact) mass is 235 g/mol. The van der Waals surface area contributed by atoms with Crippen LogP contribution >= 0.6 is 0 Å². The summed E-state index contributed by atoms with van der Waals surface area (Å²) < 4.78 is 0. The summed E-state index contributed by atoms with van der Waals surface area (Å²) in [4.78, 5) is 0. The highest BCUT2D eigenvalue weighted by Crippen LogP contribution is 2.18. The Bertz CT molecular complexity index is 512. The Balaban J connectivity index is 2.24. The zero-order valence-electron chi connectivity index (χ0n) is 10.3. The van der Waals surface area contributed by atoms with Gasteiger partial charge in [-0.25, -0.2) is 0 Å². The summed E-state index contributed by atoms with van der Waals surface area (Å²) in [7, 11) is 0. The number of rotatable bonds is 5. The molecule has 0 bridgehead atoms. The molecule has 1 heteroatoms. The van der Waals surface area contributed by atoms with Gasteiger partial charge in [0.1, 0.15) is 0 Å². The molecule has 2 aromatic rings. The van der Waals surface area contributed by atoms with Crippen LogP contribution in [0.15, 0.2) is 79.6 Å². The fourth-order valence-corrected chi connectivity index (χ4v) is 1.86. The van der Waals surface area contributed by atoms with Crippen LogP contribution in [-0.2, 0) is 6.42 Å². The predicted molar refractivity (Wildman–Crippen MR) is 77.9 cm³/mol. The van der Waals surface area contributed by atoms with E-state index in [9.17, 15) is 0 Å². The third-order valence-electron chi connectivity index (χ3n) is 2.76. The van der Waals surface area contributed by atoms with Crippen LogP contribution in [0.25, 0.3) is 5.57 Å². The van der Waals surface area contributed by atoms with Crippen LogP contribution in [0.4, 0.5) is 0 Å². The zero-order valence-corrected chi connectivity index (χ0v) is 10.3. The molecule has 0 fully saturated rings. The van der Waals surface area contributed by atoms with E-state index >= 15 is 0 Å². The van der Waals surface area contributed by atoms with E-state index in [1.54, 1.807) is 6.20 Å². The van der Waals surface area contributed by atoms with E-state index < -0.39 is 0 Å². The first-order chi connectivity index (χ1) is 8.90. The molecule has 0 radical (unpaired) electrons. The van der Waals surface area contributed by atoms with Gasteiger partial charge in [0.15, 0.2) is 0 Å². The maximum atomic E-state index is 3.68. The van der Waals surface area contributed by atoms with Crippen LogP contribution < -0.4 is 5.32 Å². The summed E-state index contributed by atoms with van der Waals surface area (Å²) in [5, 5.41) is 3.07. The van der Waals surface area contributed by atoms with Gasteiger partial charge in [0, 0.05) is 6.20 Å². The number of allylic oxidation sites excluding steroid dienone is 1. The molecule has 0 aliphatic rings. The largest absolute Gasteiger partial charge is 0.368 e. The van der Waals surface area contributed by atoms with Crippen molar-refractivity contribution >= 4 is 5.57 Å². The quantitative estimate of drug-likeness (QED) is 0.826. The molecule has 1 nitrogen and oxygen atoms in total. The van der Waals surface area contributed by atoms with Crippen molar-refractivity contribution in [1.82, 2.24) is 5.32 Å². The van der Waals surface area contributed by atoms with Gasteiger partial charge in [-0.1, -0.05) is 67.2 Å². The van der Waals surface area contributed by atoms with Gasteiger partial charge in [-0.2, -0.15) is 0 Å². The minimum atomic E-state index is 0.908. The van der Waals surface area contributed by atoms with Crippen molar-refractivity contribution in [2.24, 2.45) is 0 Å². The molecule has 0 amide bonds. The van der Waals surface area contributed by atoms with E-state index in [1.165, 1.54) is 16.7 Å². The summed E-state index contributed by atoms with van der Waals surface area (Å²) in [6.07, 6.45) is 4.61. The second-order valence-corrected chi connectivity index (χ2v) is 4.07. The summed E-state index contributed by atoms with van der Waals surface area (Å²) in [5.41, 5.74) is 3.79. The Kier molecular flexibility index (Phi) is 4.37. The molecule has 0 atom stereocenters. The lowest BCUT2D eigenvalue weighted by Crippen LogP contribution is -1.98. The van der Waals surface area contributed by atoms with E-state index in [0.29, 0.717) is 0 Å². The molecule has 2 aromatic carbocycles. The average Bonchev–Trinajstić information content (AvgIpc) is 2.45. The lowest BCUT2D eigenvalue weighted by molar-refractivity contribution is 1.17. The summed E-state index contributed by atoms with van der Waals surface area (Å²) >= 11 is 0. The molecule has 90 valence electrons. The molecule has 0 unspecified atom stereocenters. The average molecular weight is 235 g/mol. The van der Waals surface area contributed by atoms with Crippen molar-refractivity contribution in [1.29, 1.82) is 0 Å². The highest BCUT2D eigenvalue weighted by Gasteiger charge is 2.02. The summed E-state index contributed by atoms with van der Waals surface area (Å²) in [6, 6.07) is 20.9. The summed E-state index contributed by atoms with van der Waals surface area (Å²) in [6.45, 7) is 3.68. The lowest BCUT2D eigenvalue weighted by Gasteiger charge is -2.08. The van der Waals surface area contributed by atoms with E-state index in [-0.39, 0.29) is 0 Å². The minimum Gasteiger partial charge on any atom is -0.368 e. The number of hydrogen-bond donors (Lipinski definition) is 1. The molecule has 1 N–H and O–H groups in total. The van der Waals surface area contributed by atoms with Gasteiger partial charge in [-0.05, 0) is 29.3 Å². The smallest absolute Gasteiger partial charge is 0.00459 e. The molecular formula is C17H17N. The van der Waals surface area contributed by atoms with Gasteiger partial charge in [0.05, 0.1) is 0 Å². The molecule has 0 spiro atoms. The molecule has 0 saturated carbocycles. The minimum absolute atomic E-state index is 0.908. The van der Waals surface area contributed by atoms with Crippen molar-refractivity contribution in [3.8, 4) is 0 Å². The van der Waals surface area contributed by atoms with Gasteiger partial charge in [0.25, 0.3) is 0 Å². The van der Waals surface area contributed by atoms with Crippen LogP contribution in [0, 0.1) is 0 Å². The van der Waals surface area contributed by atoms with Crippen molar-refractivity contribution in [3.63, 3.8) is 0 Å². The fraction of sp³-hybridized carbons (Fsp3) is 0.0588. The maximum absolute atomic E-state index is 3.68. The van der Waals surface area contributed by atoms with E-state index in [4.69, 9.17) is 0 Å². The highest BCUT2D eigenvalue weighted by atomic mass is 14.8. The van der Waals surface area contributed by atoms with Gasteiger partial charge in [-0.15, -0.1) is 0 Å². The van der Waals surface area contributed by atoms with Crippen LogP contribution in [0.3, 0.4) is 0 Å². The van der Waals surface area contributed by atoms with Crippen molar-refractivity contribution in [2.45, 2.75) is 6.42 Å². The molecular weight excluding hydrogens is 218 g/mol. The lowest BCUT2D eigenvalue weighted by atomic mass is 9.99. The third kappa shape index (κ3) is 3.36. The maximum Gasteiger partial charge on any atom is 0.00459 e. The van der Waals surface area contributed by atoms with Crippen molar-refractivity contribution in [2.75, 3.05) is 0 Å². The molecule has 0 aliphatic heterocycles. The van der Waals surface area contributed by atoms with Crippen molar-refractivity contribution in [3.05, 3.63) is 90.8 Å². The van der Waals surface area contributed by atoms with Crippen LogP contribution in [0.2, 0.25) is 0 Å². The van der Waals surface area contributed by atoms with Gasteiger partial charge < -0.3 is 5.32 Å². The Morgan fingerprint density at radius 2 is 1.56 bits per heavy atom. The Morgan fingerprint density at radius 3 is 2.17 bits per heavy atom. The van der Waals surface area contributed by atoms with E-state index in [2.05, 4.69) is 60.4 Å². The first-order valence-corrected chi connectivity index (χ1v) is 6.05. The zero-order chi connectivity index (χ0) is 12.6. The van der Waals surface area contributed by atoms with Gasteiger partial charge in [0.2, 0.25) is 0 Å². The molecule has 0 aliphatic carbocycles. The summed E-state index contributed by atoms with van der Waals surface area (Å²) in [5.74, 6) is 0. The second kappa shape index (κ2) is 6.45. The Morgan fingerprint density at radius 1 is 0.944 bits per heavy atom. The standard InChI is InChI=1S/C17H17N/c1-2-18-14-17(16-11-7-4-8-12-16)13-15-9-5-3-6-10-15/h2-12,14,18H,1,13H2/b17-14+. The van der Waals surface area contributed by atoms with Crippen LogP contribution in [0.1, 0.15) is 11.1 Å². The Labute approximate surface area is 108 Å². The molecule has 18 heavy (non-hydrogen) atoms. The SMILES string of the molecule is C=CN/C=C(\Cc1ccccc1)c1ccccc1. The Hall–Kier alpha value is -2.28. The highest BCUT2D eigenvalue weighted by molar-refractivity contribution is 5.67. The molecule has 0 aromatic heterocycles. The van der Waals surface area contributed by atoms with Crippen molar-refractivity contribution < 1.29 is 0 Å². The molecule has 0 heterocycles. The molecule has 0 saturated heterocycles. The first kappa shape index (κ1) is 12.2. The number of nitrogens with one attached hydrogen (secondary N) is 1. The number of benzene rings is 2. The third-order valence-corrected chi connectivity index (χ3v) is 2.76. The van der Waals surface area contributed by atoms with Crippen LogP contribution in [-0.4, -0.2) is 0 Å². The topological polar surface area (TPSA) is 12.0 Å². The second-order valence-electron chi connectivity index (χ2n) is 4.07. The molecule has 2 rings (SSSR count). The first-order valence-electron chi connectivity index (χ1n) is 6.05. The van der Waals surface area contributed by atoms with Gasteiger partial charge >= 0.3 is 0 Å². The number of hydrogen-bond acceptors (Lipinski definition) is 1. The fourth-order valence-electron chi connectivity index (χ4n) is 1.86. The van der Waals surface area contributed by atoms with Crippen LogP contribution in [0.5, 0.6) is 0 Å². The van der Waals surface area contributed by atoms with E-state index in [1.807, 2.05) is 18.3 Å². The van der Waals surface area contributed by atoms with E-state index in [0.717, 1.165) is 6.42 Å².